The molecule has 0 spiro atoms. The molecule has 0 fully saturated rings. The second kappa shape index (κ2) is 4.17. The Hall–Kier alpha value is -0.700. The summed E-state index contributed by atoms with van der Waals surface area (Å²) >= 11 is 0. The van der Waals surface area contributed by atoms with E-state index in [0.717, 1.165) is 6.21 Å². The summed E-state index contributed by atoms with van der Waals surface area (Å²) in [6.45, 7) is 3.95. The van der Waals surface area contributed by atoms with Gasteiger partial charge < -0.3 is 15.9 Å². The molecule has 1 unspecified atom stereocenters. The van der Waals surface area contributed by atoms with Crippen LogP contribution in [-0.2, 0) is 0 Å². The highest BCUT2D eigenvalue weighted by Crippen LogP contribution is 2.04. The third-order valence-electron chi connectivity index (χ3n) is 1.21. The molecular weight excluding hydrogens is 128 g/mol. The molecular formula is C7H14N2O. The van der Waals surface area contributed by atoms with Gasteiger partial charge in [-0.25, -0.2) is 0 Å². The lowest BCUT2D eigenvalue weighted by Gasteiger charge is -2.10. The van der Waals surface area contributed by atoms with Crippen LogP contribution < -0.4 is 0 Å². The lowest BCUT2D eigenvalue weighted by atomic mass is 10.0. The number of hydrogen-bond acceptors (Lipinski definition) is 3. The van der Waals surface area contributed by atoms with Gasteiger partial charge in [-0.2, -0.15) is 0 Å². The van der Waals surface area contributed by atoms with Crippen LogP contribution in [0.5, 0.6) is 0 Å². The van der Waals surface area contributed by atoms with Crippen molar-refractivity contribution in [1.29, 1.82) is 10.8 Å². The normalized spacial score (nSPS) is 13.2. The van der Waals surface area contributed by atoms with Crippen LogP contribution in [0.1, 0.15) is 20.3 Å². The van der Waals surface area contributed by atoms with Crippen molar-refractivity contribution < 1.29 is 5.11 Å². The third kappa shape index (κ3) is 3.35. The van der Waals surface area contributed by atoms with E-state index in [4.69, 9.17) is 15.9 Å². The Labute approximate surface area is 61.1 Å². The van der Waals surface area contributed by atoms with Crippen LogP contribution in [0.15, 0.2) is 0 Å². The highest BCUT2D eigenvalue weighted by molar-refractivity contribution is 6.29. The summed E-state index contributed by atoms with van der Waals surface area (Å²) in [5.74, 6) is 0.371. The van der Waals surface area contributed by atoms with Crippen molar-refractivity contribution in [3.05, 3.63) is 0 Å². The van der Waals surface area contributed by atoms with Crippen molar-refractivity contribution in [2.75, 3.05) is 0 Å². The maximum atomic E-state index is 9.11. The molecule has 3 heteroatoms. The van der Waals surface area contributed by atoms with Gasteiger partial charge in [0.05, 0.1) is 11.8 Å². The van der Waals surface area contributed by atoms with E-state index in [0.29, 0.717) is 12.3 Å². The van der Waals surface area contributed by atoms with Gasteiger partial charge in [-0.3, -0.25) is 0 Å². The molecule has 58 valence electrons. The van der Waals surface area contributed by atoms with E-state index in [1.165, 1.54) is 0 Å². The van der Waals surface area contributed by atoms with Gasteiger partial charge in [0.2, 0.25) is 0 Å². The van der Waals surface area contributed by atoms with E-state index in [2.05, 4.69) is 0 Å². The molecule has 0 aromatic heterocycles. The van der Waals surface area contributed by atoms with Gasteiger partial charge in [0.25, 0.3) is 0 Å². The smallest absolute Gasteiger partial charge is 0.0970 e. The summed E-state index contributed by atoms with van der Waals surface area (Å²) in [4.78, 5) is 0. The summed E-state index contributed by atoms with van der Waals surface area (Å²) in [6, 6.07) is 0. The van der Waals surface area contributed by atoms with Gasteiger partial charge >= 0.3 is 0 Å². The van der Waals surface area contributed by atoms with E-state index in [1.54, 1.807) is 0 Å². The highest BCUT2D eigenvalue weighted by Gasteiger charge is 2.09. The predicted molar refractivity (Wildman–Crippen MR) is 42.0 cm³/mol. The summed E-state index contributed by atoms with van der Waals surface area (Å²) in [5.41, 5.74) is -0.00583. The lowest BCUT2D eigenvalue weighted by Crippen LogP contribution is -2.21. The average Bonchev–Trinajstić information content (AvgIpc) is 1.85. The van der Waals surface area contributed by atoms with Crippen LogP contribution in [0, 0.1) is 16.7 Å². The van der Waals surface area contributed by atoms with Crippen LogP contribution in [0.4, 0.5) is 0 Å². The first-order chi connectivity index (χ1) is 4.57. The summed E-state index contributed by atoms with van der Waals surface area (Å²) < 4.78 is 0. The maximum Gasteiger partial charge on any atom is 0.0970 e. The van der Waals surface area contributed by atoms with E-state index < -0.39 is 6.10 Å². The number of hydrogen-bond donors (Lipinski definition) is 3. The first-order valence-corrected chi connectivity index (χ1v) is 3.35. The standard InChI is InChI=1S/C7H14N2O/c1-5(2)3-7(10)6(9)4-8/h4-5,7-10H,3H2,1-2H3. The van der Waals surface area contributed by atoms with Crippen LogP contribution in [0.2, 0.25) is 0 Å². The number of rotatable bonds is 4. The van der Waals surface area contributed by atoms with Crippen LogP contribution >= 0.6 is 0 Å². The minimum absolute atomic E-state index is 0.00583. The van der Waals surface area contributed by atoms with E-state index in [1.807, 2.05) is 13.8 Å². The zero-order valence-corrected chi connectivity index (χ0v) is 6.39. The van der Waals surface area contributed by atoms with Crippen molar-refractivity contribution >= 4 is 11.9 Å². The maximum absolute atomic E-state index is 9.11. The largest absolute Gasteiger partial charge is 0.387 e. The Morgan fingerprint density at radius 3 is 2.40 bits per heavy atom. The molecule has 0 aliphatic rings. The minimum atomic E-state index is -0.752. The fourth-order valence-corrected chi connectivity index (χ4v) is 0.670. The van der Waals surface area contributed by atoms with Crippen LogP contribution in [0.3, 0.4) is 0 Å². The molecule has 0 bridgehead atoms. The molecule has 0 aliphatic heterocycles. The second-order valence-corrected chi connectivity index (χ2v) is 2.75. The molecule has 0 saturated heterocycles. The van der Waals surface area contributed by atoms with Crippen molar-refractivity contribution in [1.82, 2.24) is 0 Å². The molecule has 0 radical (unpaired) electrons. The van der Waals surface area contributed by atoms with Crippen LogP contribution in [-0.4, -0.2) is 23.1 Å². The summed E-state index contributed by atoms with van der Waals surface area (Å²) in [7, 11) is 0. The minimum Gasteiger partial charge on any atom is -0.387 e. The van der Waals surface area contributed by atoms with Crippen molar-refractivity contribution in [2.45, 2.75) is 26.4 Å². The van der Waals surface area contributed by atoms with E-state index in [-0.39, 0.29) is 5.71 Å². The predicted octanol–water partition coefficient (Wildman–Crippen LogP) is 1.06. The molecule has 0 heterocycles. The fraction of sp³-hybridized carbons (Fsp3) is 0.714. The summed E-state index contributed by atoms with van der Waals surface area (Å²) in [6.07, 6.45) is 0.693. The quantitative estimate of drug-likeness (QED) is 0.505. The first-order valence-electron chi connectivity index (χ1n) is 3.35. The van der Waals surface area contributed by atoms with Gasteiger partial charge in [0, 0.05) is 6.21 Å². The van der Waals surface area contributed by atoms with Gasteiger partial charge in [-0.15, -0.1) is 0 Å². The van der Waals surface area contributed by atoms with Gasteiger partial charge in [-0.1, -0.05) is 13.8 Å². The Morgan fingerprint density at radius 2 is 2.10 bits per heavy atom. The Kier molecular flexibility index (Phi) is 3.88. The SMILES string of the molecule is CC(C)CC(O)C(=N)C=N. The molecule has 0 amide bonds. The number of aliphatic hydroxyl groups is 1. The fourth-order valence-electron chi connectivity index (χ4n) is 0.670. The Bertz CT molecular complexity index is 132. The van der Waals surface area contributed by atoms with Crippen molar-refractivity contribution in [3.63, 3.8) is 0 Å². The van der Waals surface area contributed by atoms with Gasteiger partial charge in [-0.05, 0) is 12.3 Å². The highest BCUT2D eigenvalue weighted by atomic mass is 16.3. The molecule has 10 heavy (non-hydrogen) atoms. The zero-order valence-electron chi connectivity index (χ0n) is 6.39. The molecule has 3 N–H and O–H groups in total. The molecule has 0 aliphatic carbocycles. The number of aliphatic hydroxyl groups excluding tert-OH is 1. The number of nitrogens with one attached hydrogen (secondary N) is 2. The molecule has 0 aromatic rings. The Balaban J connectivity index is 3.72. The first kappa shape index (κ1) is 9.30. The van der Waals surface area contributed by atoms with Gasteiger partial charge in [0.1, 0.15) is 0 Å². The van der Waals surface area contributed by atoms with E-state index in [9.17, 15) is 0 Å². The van der Waals surface area contributed by atoms with Gasteiger partial charge in [0.15, 0.2) is 0 Å². The van der Waals surface area contributed by atoms with Crippen molar-refractivity contribution in [3.8, 4) is 0 Å². The van der Waals surface area contributed by atoms with Crippen molar-refractivity contribution in [2.24, 2.45) is 5.92 Å². The average molecular weight is 142 g/mol. The molecule has 0 rings (SSSR count). The third-order valence-corrected chi connectivity index (χ3v) is 1.21. The zero-order chi connectivity index (χ0) is 8.15. The van der Waals surface area contributed by atoms with E-state index >= 15 is 0 Å². The summed E-state index contributed by atoms with van der Waals surface area (Å²) in [5, 5.41) is 22.8. The lowest BCUT2D eigenvalue weighted by molar-refractivity contribution is 0.214. The molecule has 0 aromatic carbocycles. The molecule has 0 saturated carbocycles. The second-order valence-electron chi connectivity index (χ2n) is 2.75. The topological polar surface area (TPSA) is 67.9 Å². The van der Waals surface area contributed by atoms with Crippen LogP contribution in [0.25, 0.3) is 0 Å². The monoisotopic (exact) mass is 142 g/mol. The molecule has 3 nitrogen and oxygen atoms in total. The Morgan fingerprint density at radius 1 is 1.60 bits per heavy atom. The molecule has 1 atom stereocenters.